The Labute approximate surface area is 464 Å². The van der Waals surface area contributed by atoms with Crippen molar-refractivity contribution >= 4 is 117 Å². The standard InChI is InChI=1S/C16H12Cl2O2.C14H17ClO.C9H10O2.C7H4Cl2O.C7H4ClFO.C6H12O/c1-20-16-8-3-2-5-12(16)15(19)10-9-11-13(17)6-4-7-14(11)18;1-10-6-5-7-12(15)11(10)8-9-13(16)14(2,3)4;1-7(10)8-5-3-4-6-9(8)11-2;2*8-6-2-1-3-7(9)5(6)4-10;1-5(7)6(2,3)4/h2-10H,1H3;5-9H,1-4H3;3-6H,1-2H3;2*1-4H;1-4H3/b10-9+;9-8+;;;;. The normalized spacial score (nSPS) is 10.5. The summed E-state index contributed by atoms with van der Waals surface area (Å²) in [5.74, 6) is 0.801. The molecule has 15 heteroatoms. The van der Waals surface area contributed by atoms with E-state index in [2.05, 4.69) is 0 Å². The zero-order valence-corrected chi connectivity index (χ0v) is 47.5. The van der Waals surface area contributed by atoms with E-state index in [1.165, 1.54) is 38.3 Å². The van der Waals surface area contributed by atoms with Crippen LogP contribution in [0.25, 0.3) is 12.2 Å². The fourth-order valence-corrected chi connectivity index (χ4v) is 6.72. The van der Waals surface area contributed by atoms with Crippen LogP contribution < -0.4 is 9.47 Å². The molecule has 8 nitrogen and oxygen atoms in total. The first kappa shape index (κ1) is 66.1. The van der Waals surface area contributed by atoms with Crippen molar-refractivity contribution in [2.75, 3.05) is 14.2 Å². The van der Waals surface area contributed by atoms with Crippen LogP contribution in [-0.2, 0) is 9.59 Å². The monoisotopic (exact) mass is 1120 g/mol. The summed E-state index contributed by atoms with van der Waals surface area (Å²) in [6.45, 7) is 16.6. The number of halogens is 7. The fourth-order valence-electron chi connectivity index (χ4n) is 5.21. The molecular weight excluding hydrogens is 1070 g/mol. The number of benzene rings is 6. The van der Waals surface area contributed by atoms with Crippen molar-refractivity contribution in [2.45, 2.75) is 62.3 Å². The van der Waals surface area contributed by atoms with Crippen LogP contribution in [0.5, 0.6) is 11.5 Å². The van der Waals surface area contributed by atoms with Crippen LogP contribution in [0.2, 0.25) is 30.1 Å². The summed E-state index contributed by atoms with van der Waals surface area (Å²) >= 11 is 34.8. The molecule has 6 aromatic carbocycles. The van der Waals surface area contributed by atoms with E-state index in [-0.39, 0.29) is 44.5 Å². The summed E-state index contributed by atoms with van der Waals surface area (Å²) in [5, 5.41) is 2.61. The molecule has 0 N–H and O–H groups in total. The molecule has 0 unspecified atom stereocenters. The second-order valence-electron chi connectivity index (χ2n) is 17.5. The Bertz CT molecular complexity index is 2780. The SMILES string of the molecule is CC(=O)C(C)(C)C.COc1ccccc1C(=O)/C=C/c1c(Cl)cccc1Cl.COc1ccccc1C(C)=O.Cc1cccc(Cl)c1/C=C/C(=O)C(C)(C)C.O=Cc1c(Cl)cccc1Cl.O=Cc1c(F)cccc1Cl. The summed E-state index contributed by atoms with van der Waals surface area (Å²) in [6.07, 6.45) is 7.49. The van der Waals surface area contributed by atoms with Gasteiger partial charge in [0, 0.05) is 31.5 Å². The van der Waals surface area contributed by atoms with Gasteiger partial charge in [0.2, 0.25) is 0 Å². The molecule has 392 valence electrons. The lowest BCUT2D eigenvalue weighted by molar-refractivity contribution is -0.124. The number of carbonyl (C=O) groups excluding carboxylic acids is 6. The zero-order valence-electron chi connectivity index (χ0n) is 42.9. The van der Waals surface area contributed by atoms with E-state index in [0.717, 1.165) is 11.1 Å². The smallest absolute Gasteiger partial charge is 0.189 e. The molecule has 0 bridgehead atoms. The minimum atomic E-state index is -0.581. The second kappa shape index (κ2) is 33.1. The second-order valence-corrected chi connectivity index (χ2v) is 20.0. The van der Waals surface area contributed by atoms with Gasteiger partial charge in [-0.2, -0.15) is 0 Å². The molecule has 0 saturated heterocycles. The van der Waals surface area contributed by atoms with E-state index < -0.39 is 5.82 Å². The number of ketones is 4. The largest absolute Gasteiger partial charge is 0.496 e. The van der Waals surface area contributed by atoms with E-state index in [1.807, 2.05) is 84.9 Å². The Morgan fingerprint density at radius 2 is 0.838 bits per heavy atom. The molecule has 74 heavy (non-hydrogen) atoms. The summed E-state index contributed by atoms with van der Waals surface area (Å²) in [7, 11) is 3.09. The van der Waals surface area contributed by atoms with Gasteiger partial charge in [0.15, 0.2) is 29.9 Å². The summed E-state index contributed by atoms with van der Waals surface area (Å²) < 4.78 is 22.7. The van der Waals surface area contributed by atoms with E-state index in [1.54, 1.807) is 99.0 Å². The van der Waals surface area contributed by atoms with Crippen molar-refractivity contribution in [1.29, 1.82) is 0 Å². The van der Waals surface area contributed by atoms with Gasteiger partial charge in [-0.05, 0) is 123 Å². The third-order valence-corrected chi connectivity index (χ3v) is 11.9. The van der Waals surface area contributed by atoms with Crippen LogP contribution in [0.15, 0.2) is 133 Å². The van der Waals surface area contributed by atoms with Crippen LogP contribution >= 0.6 is 69.6 Å². The van der Waals surface area contributed by atoms with Crippen molar-refractivity contribution < 1.29 is 42.6 Å². The quantitative estimate of drug-likeness (QED) is 0.0755. The number of carbonyl (C=O) groups is 6. The van der Waals surface area contributed by atoms with Gasteiger partial charge in [0.1, 0.15) is 23.1 Å². The van der Waals surface area contributed by atoms with Gasteiger partial charge >= 0.3 is 0 Å². The molecule has 0 saturated carbocycles. The Morgan fingerprint density at radius 3 is 1.19 bits per heavy atom. The number of hydrogen-bond acceptors (Lipinski definition) is 8. The number of aryl methyl sites for hydroxylation is 1. The van der Waals surface area contributed by atoms with Crippen molar-refractivity contribution in [3.63, 3.8) is 0 Å². The number of hydrogen-bond donors (Lipinski definition) is 0. The number of aldehydes is 2. The van der Waals surface area contributed by atoms with Gasteiger partial charge in [-0.3, -0.25) is 28.8 Å². The molecule has 0 radical (unpaired) electrons. The number of para-hydroxylation sites is 2. The first-order valence-corrected chi connectivity index (χ1v) is 24.6. The molecule has 0 amide bonds. The van der Waals surface area contributed by atoms with Crippen LogP contribution in [-0.4, -0.2) is 49.9 Å². The predicted octanol–water partition coefficient (Wildman–Crippen LogP) is 17.8. The Hall–Kier alpha value is -5.91. The van der Waals surface area contributed by atoms with Crippen LogP contribution in [0.4, 0.5) is 4.39 Å². The topological polar surface area (TPSA) is 121 Å². The van der Waals surface area contributed by atoms with Crippen molar-refractivity contribution in [3.8, 4) is 11.5 Å². The average Bonchev–Trinajstić information content (AvgIpc) is 3.34. The molecule has 0 heterocycles. The molecule has 0 spiro atoms. The van der Waals surface area contributed by atoms with E-state index in [4.69, 9.17) is 79.1 Å². The van der Waals surface area contributed by atoms with Gasteiger partial charge in [0.25, 0.3) is 0 Å². The predicted molar refractivity (Wildman–Crippen MR) is 304 cm³/mol. The van der Waals surface area contributed by atoms with Gasteiger partial charge in [0.05, 0.1) is 51.5 Å². The molecule has 0 aliphatic rings. The Balaban J connectivity index is 0.000000459. The third kappa shape index (κ3) is 23.1. The van der Waals surface area contributed by atoms with E-state index in [0.29, 0.717) is 71.4 Å². The molecule has 6 aromatic rings. The first-order valence-electron chi connectivity index (χ1n) is 22.4. The number of ether oxygens (including phenoxy) is 2. The molecule has 0 aliphatic heterocycles. The number of Topliss-reactive ketones (excluding diaryl/α,β-unsaturated/α-hetero) is 2. The molecule has 0 aliphatic carbocycles. The number of methoxy groups -OCH3 is 2. The maximum absolute atomic E-state index is 12.5. The average molecular weight is 1130 g/mol. The van der Waals surface area contributed by atoms with Crippen LogP contribution in [0.3, 0.4) is 0 Å². The minimum absolute atomic E-state index is 0.0300. The Morgan fingerprint density at radius 1 is 0.473 bits per heavy atom. The van der Waals surface area contributed by atoms with Crippen LogP contribution in [0.1, 0.15) is 114 Å². The minimum Gasteiger partial charge on any atom is -0.496 e. The summed E-state index contributed by atoms with van der Waals surface area (Å²) in [6, 6.07) is 34.2. The van der Waals surface area contributed by atoms with E-state index >= 15 is 0 Å². The lowest BCUT2D eigenvalue weighted by Gasteiger charge is -2.13. The lowest BCUT2D eigenvalue weighted by Crippen LogP contribution is -2.17. The zero-order chi connectivity index (χ0) is 56.3. The Kier molecular flexibility index (Phi) is 29.6. The summed E-state index contributed by atoms with van der Waals surface area (Å²) in [5.41, 5.74) is 3.54. The highest BCUT2D eigenvalue weighted by Crippen LogP contribution is 2.27. The third-order valence-electron chi connectivity index (χ3n) is 9.96. The maximum atomic E-state index is 12.5. The molecule has 0 fully saturated rings. The highest BCUT2D eigenvalue weighted by atomic mass is 35.5. The van der Waals surface area contributed by atoms with Gasteiger partial charge in [-0.1, -0.05) is 166 Å². The first-order chi connectivity index (χ1) is 34.7. The van der Waals surface area contributed by atoms with Gasteiger partial charge in [-0.15, -0.1) is 0 Å². The van der Waals surface area contributed by atoms with E-state index in [9.17, 15) is 33.2 Å². The van der Waals surface area contributed by atoms with Crippen molar-refractivity contribution in [1.82, 2.24) is 0 Å². The molecular formula is C59H59Cl6FO8. The number of rotatable bonds is 10. The molecule has 0 atom stereocenters. The van der Waals surface area contributed by atoms with Gasteiger partial charge in [-0.25, -0.2) is 4.39 Å². The lowest BCUT2D eigenvalue weighted by atomic mass is 9.90. The fraction of sp³-hybridized carbons (Fsp3) is 0.220. The highest BCUT2D eigenvalue weighted by molar-refractivity contribution is 6.38. The molecule has 6 rings (SSSR count). The number of allylic oxidation sites excluding steroid dienone is 2. The van der Waals surface area contributed by atoms with Crippen molar-refractivity contribution in [2.24, 2.45) is 10.8 Å². The van der Waals surface area contributed by atoms with Crippen molar-refractivity contribution in [3.05, 3.63) is 208 Å². The maximum Gasteiger partial charge on any atom is 0.189 e. The summed E-state index contributed by atoms with van der Waals surface area (Å²) in [4.78, 5) is 65.7. The van der Waals surface area contributed by atoms with Crippen LogP contribution in [0, 0.1) is 23.6 Å². The van der Waals surface area contributed by atoms with Gasteiger partial charge < -0.3 is 9.47 Å². The molecule has 0 aromatic heterocycles. The highest BCUT2D eigenvalue weighted by Gasteiger charge is 2.18.